The summed E-state index contributed by atoms with van der Waals surface area (Å²) in [5.74, 6) is -3.28. The maximum atomic E-state index is 11.1. The Balaban J connectivity index is 4.64. The second-order valence-corrected chi connectivity index (χ2v) is 3.73. The monoisotopic (exact) mass is 232 g/mol. The molecular formula is C10H16O6. The van der Waals surface area contributed by atoms with Crippen LogP contribution in [0.15, 0.2) is 0 Å². The van der Waals surface area contributed by atoms with Crippen molar-refractivity contribution in [2.45, 2.75) is 39.0 Å². The normalized spacial score (nSPS) is 11.1. The van der Waals surface area contributed by atoms with E-state index < -0.39 is 23.3 Å². The van der Waals surface area contributed by atoms with Crippen molar-refractivity contribution in [2.75, 3.05) is 0 Å². The summed E-state index contributed by atoms with van der Waals surface area (Å²) in [4.78, 5) is 31.9. The fourth-order valence-electron chi connectivity index (χ4n) is 1.54. The first-order valence-electron chi connectivity index (χ1n) is 5.01. The summed E-state index contributed by atoms with van der Waals surface area (Å²) in [6, 6.07) is 0. The summed E-state index contributed by atoms with van der Waals surface area (Å²) >= 11 is 0. The smallest absolute Gasteiger partial charge is 0.309 e. The van der Waals surface area contributed by atoms with Gasteiger partial charge in [0.2, 0.25) is 0 Å². The maximum absolute atomic E-state index is 11.1. The molecule has 0 amide bonds. The molecule has 0 bridgehead atoms. The van der Waals surface area contributed by atoms with Crippen molar-refractivity contribution in [1.29, 1.82) is 0 Å². The zero-order valence-electron chi connectivity index (χ0n) is 9.10. The van der Waals surface area contributed by atoms with Gasteiger partial charge in [-0.25, -0.2) is 0 Å². The average molecular weight is 232 g/mol. The summed E-state index contributed by atoms with van der Waals surface area (Å²) in [6.45, 7) is 1.62. The fourth-order valence-corrected chi connectivity index (χ4v) is 1.54. The number of carboxylic acid groups (broad SMARTS) is 3. The van der Waals surface area contributed by atoms with Crippen LogP contribution in [0.5, 0.6) is 0 Å². The highest BCUT2D eigenvalue weighted by atomic mass is 16.4. The third kappa shape index (κ3) is 4.29. The van der Waals surface area contributed by atoms with Gasteiger partial charge in [-0.2, -0.15) is 0 Å². The zero-order valence-corrected chi connectivity index (χ0v) is 9.10. The molecule has 0 aliphatic rings. The minimum atomic E-state index is -1.24. The molecule has 0 aliphatic heterocycles. The zero-order chi connectivity index (χ0) is 12.8. The highest BCUT2D eigenvalue weighted by Crippen LogP contribution is 2.34. The molecule has 0 heterocycles. The van der Waals surface area contributed by atoms with E-state index >= 15 is 0 Å². The molecule has 92 valence electrons. The highest BCUT2D eigenvalue weighted by Gasteiger charge is 2.37. The summed E-state index contributed by atoms with van der Waals surface area (Å²) in [5.41, 5.74) is -1.24. The Bertz CT molecular complexity index is 265. The topological polar surface area (TPSA) is 112 Å². The molecule has 0 rings (SSSR count). The predicted octanol–water partition coefficient (Wildman–Crippen LogP) is 1.20. The molecule has 0 unspecified atom stereocenters. The van der Waals surface area contributed by atoms with Gasteiger partial charge in [0.15, 0.2) is 0 Å². The quantitative estimate of drug-likeness (QED) is 0.579. The van der Waals surface area contributed by atoms with Crippen LogP contribution in [0.2, 0.25) is 0 Å². The minimum absolute atomic E-state index is 0.0402. The third-order valence-electron chi connectivity index (χ3n) is 2.77. The Morgan fingerprint density at radius 1 is 0.938 bits per heavy atom. The van der Waals surface area contributed by atoms with E-state index in [9.17, 15) is 14.4 Å². The number of hydrogen-bond donors (Lipinski definition) is 3. The van der Waals surface area contributed by atoms with Crippen LogP contribution in [0, 0.1) is 5.41 Å². The van der Waals surface area contributed by atoms with Crippen LogP contribution in [-0.2, 0) is 14.4 Å². The summed E-state index contributed by atoms with van der Waals surface area (Å²) in [5, 5.41) is 26.1. The van der Waals surface area contributed by atoms with E-state index in [1.54, 1.807) is 6.92 Å². The third-order valence-corrected chi connectivity index (χ3v) is 2.77. The lowest BCUT2D eigenvalue weighted by Crippen LogP contribution is -2.32. The van der Waals surface area contributed by atoms with E-state index in [4.69, 9.17) is 15.3 Å². The first-order chi connectivity index (χ1) is 7.34. The van der Waals surface area contributed by atoms with Crippen molar-refractivity contribution in [3.05, 3.63) is 0 Å². The molecule has 16 heavy (non-hydrogen) atoms. The van der Waals surface area contributed by atoms with Crippen molar-refractivity contribution >= 4 is 17.9 Å². The van der Waals surface area contributed by atoms with Gasteiger partial charge in [-0.1, -0.05) is 6.92 Å². The predicted molar refractivity (Wildman–Crippen MR) is 54.1 cm³/mol. The van der Waals surface area contributed by atoms with Crippen molar-refractivity contribution < 1.29 is 29.7 Å². The van der Waals surface area contributed by atoms with Crippen LogP contribution in [0.4, 0.5) is 0 Å². The van der Waals surface area contributed by atoms with Gasteiger partial charge >= 0.3 is 17.9 Å². The highest BCUT2D eigenvalue weighted by molar-refractivity contribution is 5.77. The lowest BCUT2D eigenvalue weighted by molar-refractivity contribution is -0.152. The standard InChI is InChI=1S/C10H16O6/c1-2-10(9(15)16,5-3-7(11)12)6-4-8(13)14/h2-6H2,1H3,(H,11,12)(H,13,14)(H,15,16). The van der Waals surface area contributed by atoms with E-state index in [0.717, 1.165) is 0 Å². The number of carbonyl (C=O) groups is 3. The first-order valence-corrected chi connectivity index (χ1v) is 5.01. The van der Waals surface area contributed by atoms with Gasteiger partial charge in [-0.05, 0) is 19.3 Å². The van der Waals surface area contributed by atoms with Crippen LogP contribution >= 0.6 is 0 Å². The van der Waals surface area contributed by atoms with Gasteiger partial charge in [-0.3, -0.25) is 14.4 Å². The fraction of sp³-hybridized carbons (Fsp3) is 0.700. The van der Waals surface area contributed by atoms with Crippen molar-refractivity contribution in [2.24, 2.45) is 5.41 Å². The molecule has 0 aromatic carbocycles. The second kappa shape index (κ2) is 6.09. The van der Waals surface area contributed by atoms with Gasteiger partial charge in [-0.15, -0.1) is 0 Å². The summed E-state index contributed by atoms with van der Waals surface area (Å²) in [7, 11) is 0. The van der Waals surface area contributed by atoms with E-state index in [1.165, 1.54) is 0 Å². The maximum Gasteiger partial charge on any atom is 0.309 e. The Labute approximate surface area is 92.9 Å². The number of rotatable bonds is 8. The molecule has 6 heteroatoms. The van der Waals surface area contributed by atoms with E-state index in [1.807, 2.05) is 0 Å². The van der Waals surface area contributed by atoms with Gasteiger partial charge in [0.25, 0.3) is 0 Å². The molecule has 0 aromatic heterocycles. The molecular weight excluding hydrogens is 216 g/mol. The van der Waals surface area contributed by atoms with Crippen LogP contribution in [-0.4, -0.2) is 33.2 Å². The number of carboxylic acids is 3. The van der Waals surface area contributed by atoms with E-state index in [0.29, 0.717) is 0 Å². The minimum Gasteiger partial charge on any atom is -0.481 e. The molecule has 0 aromatic rings. The molecule has 0 saturated carbocycles. The van der Waals surface area contributed by atoms with Crippen molar-refractivity contribution in [3.63, 3.8) is 0 Å². The molecule has 0 radical (unpaired) electrons. The van der Waals surface area contributed by atoms with E-state index in [2.05, 4.69) is 0 Å². The number of hydrogen-bond acceptors (Lipinski definition) is 3. The molecule has 0 fully saturated rings. The molecule has 0 saturated heterocycles. The summed E-state index contributed by atoms with van der Waals surface area (Å²) in [6.07, 6.45) is -0.384. The van der Waals surface area contributed by atoms with Gasteiger partial charge in [0, 0.05) is 12.8 Å². The molecule has 0 aliphatic carbocycles. The molecule has 3 N–H and O–H groups in total. The lowest BCUT2D eigenvalue weighted by Gasteiger charge is -2.26. The van der Waals surface area contributed by atoms with Crippen LogP contribution < -0.4 is 0 Å². The summed E-state index contributed by atoms with van der Waals surface area (Å²) < 4.78 is 0. The van der Waals surface area contributed by atoms with Gasteiger partial charge in [0.1, 0.15) is 0 Å². The van der Waals surface area contributed by atoms with Gasteiger partial charge < -0.3 is 15.3 Å². The molecule has 0 spiro atoms. The second-order valence-electron chi connectivity index (χ2n) is 3.73. The lowest BCUT2D eigenvalue weighted by atomic mass is 9.77. The largest absolute Gasteiger partial charge is 0.481 e. The Kier molecular flexibility index (Phi) is 5.49. The molecule has 0 atom stereocenters. The Hall–Kier alpha value is -1.59. The first kappa shape index (κ1) is 14.4. The molecule has 6 nitrogen and oxygen atoms in total. The van der Waals surface area contributed by atoms with Gasteiger partial charge in [0.05, 0.1) is 5.41 Å². The SMILES string of the molecule is CCC(CCC(=O)O)(CCC(=O)O)C(=O)O. The Morgan fingerprint density at radius 3 is 1.50 bits per heavy atom. The van der Waals surface area contributed by atoms with Crippen LogP contribution in [0.25, 0.3) is 0 Å². The average Bonchev–Trinajstić information content (AvgIpc) is 2.17. The van der Waals surface area contributed by atoms with Crippen molar-refractivity contribution in [3.8, 4) is 0 Å². The van der Waals surface area contributed by atoms with E-state index in [-0.39, 0.29) is 32.1 Å². The van der Waals surface area contributed by atoms with Crippen molar-refractivity contribution in [1.82, 2.24) is 0 Å². The van der Waals surface area contributed by atoms with Crippen LogP contribution in [0.1, 0.15) is 39.0 Å². The van der Waals surface area contributed by atoms with Crippen LogP contribution in [0.3, 0.4) is 0 Å². The number of aliphatic carboxylic acids is 3. The Morgan fingerprint density at radius 2 is 1.31 bits per heavy atom.